The van der Waals surface area contributed by atoms with Crippen molar-refractivity contribution in [2.45, 2.75) is 26.4 Å². The van der Waals surface area contributed by atoms with E-state index in [0.29, 0.717) is 26.2 Å². The van der Waals surface area contributed by atoms with Gasteiger partial charge in [-0.1, -0.05) is 36.4 Å². The van der Waals surface area contributed by atoms with Gasteiger partial charge < -0.3 is 14.8 Å². The van der Waals surface area contributed by atoms with E-state index in [1.807, 2.05) is 37.3 Å². The summed E-state index contributed by atoms with van der Waals surface area (Å²) < 4.78 is 32.2. The van der Waals surface area contributed by atoms with Crippen molar-refractivity contribution in [3.63, 3.8) is 0 Å². The molecule has 3 aromatic rings. The third kappa shape index (κ3) is 4.08. The van der Waals surface area contributed by atoms with Crippen LogP contribution in [0.4, 0.5) is 14.5 Å². The number of allylic oxidation sites excluding steroid dienone is 1. The second-order valence-corrected chi connectivity index (χ2v) is 7.98. The van der Waals surface area contributed by atoms with Gasteiger partial charge in [0.2, 0.25) is 5.43 Å². The summed E-state index contributed by atoms with van der Waals surface area (Å²) in [7, 11) is 0. The van der Waals surface area contributed by atoms with Crippen LogP contribution in [0.25, 0.3) is 17.0 Å². The summed E-state index contributed by atoms with van der Waals surface area (Å²) in [6.45, 7) is 5.58. The standard InChI is InChI=1S/C25H25F2N3O2/c1-3-29-15-19(21(31)10-9-17-7-5-4-6-8-17)25(32)18-13-20(26)24(22(27)23(18)29)30-12-11-28-16(2)14-30/h4-10,13,15-16,28H,3,11-12,14H2,1-2H3/b10-9+. The zero-order valence-electron chi connectivity index (χ0n) is 18.1. The zero-order chi connectivity index (χ0) is 22.8. The number of nitrogens with one attached hydrogen (secondary N) is 1. The van der Waals surface area contributed by atoms with Gasteiger partial charge in [-0.15, -0.1) is 0 Å². The molecule has 1 fully saturated rings. The number of aromatic nitrogens is 1. The van der Waals surface area contributed by atoms with Crippen LogP contribution in [0.3, 0.4) is 0 Å². The topological polar surface area (TPSA) is 54.3 Å². The molecule has 1 unspecified atom stereocenters. The van der Waals surface area contributed by atoms with Crippen molar-refractivity contribution in [1.29, 1.82) is 0 Å². The molecule has 1 aliphatic rings. The molecule has 166 valence electrons. The van der Waals surface area contributed by atoms with Crippen LogP contribution in [-0.4, -0.2) is 36.0 Å². The number of pyridine rings is 1. The van der Waals surface area contributed by atoms with Crippen LogP contribution in [0.1, 0.15) is 29.8 Å². The van der Waals surface area contributed by atoms with Gasteiger partial charge in [0, 0.05) is 38.4 Å². The highest BCUT2D eigenvalue weighted by Crippen LogP contribution is 2.30. The molecule has 1 aromatic heterocycles. The monoisotopic (exact) mass is 437 g/mol. The van der Waals surface area contributed by atoms with Gasteiger partial charge in [-0.05, 0) is 31.6 Å². The quantitative estimate of drug-likeness (QED) is 0.484. The first kappa shape index (κ1) is 21.9. The number of halogens is 2. The van der Waals surface area contributed by atoms with E-state index in [9.17, 15) is 9.59 Å². The molecule has 2 heterocycles. The van der Waals surface area contributed by atoms with Gasteiger partial charge in [0.05, 0.1) is 16.5 Å². The average Bonchev–Trinajstić information content (AvgIpc) is 2.79. The number of hydrogen-bond acceptors (Lipinski definition) is 4. The zero-order valence-corrected chi connectivity index (χ0v) is 18.1. The first-order valence-corrected chi connectivity index (χ1v) is 10.7. The summed E-state index contributed by atoms with van der Waals surface area (Å²) in [5.41, 5.74) is -0.0945. The highest BCUT2D eigenvalue weighted by Gasteiger charge is 2.26. The van der Waals surface area contributed by atoms with E-state index in [0.717, 1.165) is 11.6 Å². The number of carbonyl (C=O) groups excluding carboxylic acids is 1. The minimum absolute atomic E-state index is 0.0173. The van der Waals surface area contributed by atoms with Gasteiger partial charge in [0.1, 0.15) is 11.5 Å². The van der Waals surface area contributed by atoms with Crippen molar-refractivity contribution in [2.24, 2.45) is 0 Å². The lowest BCUT2D eigenvalue weighted by Crippen LogP contribution is -2.49. The molecular formula is C25H25F2N3O2. The number of ketones is 1. The van der Waals surface area contributed by atoms with Gasteiger partial charge in [0.25, 0.3) is 0 Å². The molecule has 0 aliphatic carbocycles. The summed E-state index contributed by atoms with van der Waals surface area (Å²) in [6, 6.07) is 10.4. The van der Waals surface area contributed by atoms with Gasteiger partial charge in [-0.3, -0.25) is 9.59 Å². The Morgan fingerprint density at radius 1 is 1.25 bits per heavy atom. The molecule has 0 bridgehead atoms. The Kier molecular flexibility index (Phi) is 6.19. The molecule has 4 rings (SSSR count). The number of anilines is 1. The Morgan fingerprint density at radius 3 is 2.69 bits per heavy atom. The minimum atomic E-state index is -0.798. The summed E-state index contributed by atoms with van der Waals surface area (Å²) in [6.07, 6.45) is 4.28. The number of benzene rings is 2. The summed E-state index contributed by atoms with van der Waals surface area (Å²) in [4.78, 5) is 27.5. The summed E-state index contributed by atoms with van der Waals surface area (Å²) in [5.74, 6) is -2.08. The lowest BCUT2D eigenvalue weighted by molar-refractivity contribution is 0.104. The van der Waals surface area contributed by atoms with Crippen molar-refractivity contribution >= 4 is 28.4 Å². The third-order valence-corrected chi connectivity index (χ3v) is 5.75. The van der Waals surface area contributed by atoms with Crippen LogP contribution in [0, 0.1) is 11.6 Å². The molecular weight excluding hydrogens is 412 g/mol. The van der Waals surface area contributed by atoms with E-state index in [2.05, 4.69) is 5.32 Å². The number of carbonyl (C=O) groups is 1. The van der Waals surface area contributed by atoms with E-state index in [4.69, 9.17) is 0 Å². The van der Waals surface area contributed by atoms with Gasteiger partial charge in [0.15, 0.2) is 11.6 Å². The van der Waals surface area contributed by atoms with Gasteiger partial charge in [-0.2, -0.15) is 0 Å². The fourth-order valence-electron chi connectivity index (χ4n) is 4.15. The molecule has 0 amide bonds. The van der Waals surface area contributed by atoms with Crippen LogP contribution in [0.15, 0.2) is 53.5 Å². The van der Waals surface area contributed by atoms with E-state index >= 15 is 8.78 Å². The van der Waals surface area contributed by atoms with Crippen molar-refractivity contribution in [3.05, 3.63) is 81.7 Å². The number of rotatable bonds is 5. The molecule has 0 saturated carbocycles. The third-order valence-electron chi connectivity index (χ3n) is 5.75. The number of piperazine rings is 1. The highest BCUT2D eigenvalue weighted by atomic mass is 19.1. The molecule has 1 saturated heterocycles. The Bertz CT molecular complexity index is 1250. The largest absolute Gasteiger partial charge is 0.364 e. The van der Waals surface area contributed by atoms with Crippen LogP contribution >= 0.6 is 0 Å². The molecule has 32 heavy (non-hydrogen) atoms. The van der Waals surface area contributed by atoms with Crippen molar-refractivity contribution in [2.75, 3.05) is 24.5 Å². The van der Waals surface area contributed by atoms with Crippen LogP contribution < -0.4 is 15.6 Å². The van der Waals surface area contributed by atoms with Gasteiger partial charge in [-0.25, -0.2) is 8.78 Å². The maximum Gasteiger partial charge on any atom is 0.200 e. The molecule has 1 aliphatic heterocycles. The van der Waals surface area contributed by atoms with E-state index in [1.165, 1.54) is 16.8 Å². The van der Waals surface area contributed by atoms with Crippen LogP contribution in [0.2, 0.25) is 0 Å². The molecule has 7 heteroatoms. The van der Waals surface area contributed by atoms with Crippen molar-refractivity contribution < 1.29 is 13.6 Å². The predicted molar refractivity (Wildman–Crippen MR) is 123 cm³/mol. The fourth-order valence-corrected chi connectivity index (χ4v) is 4.15. The number of fused-ring (bicyclic) bond motifs is 1. The molecule has 1 N–H and O–H groups in total. The normalized spacial score (nSPS) is 16.8. The Hall–Kier alpha value is -3.32. The second-order valence-electron chi connectivity index (χ2n) is 7.98. The second kappa shape index (κ2) is 9.04. The highest BCUT2D eigenvalue weighted by molar-refractivity contribution is 6.08. The molecule has 1 atom stereocenters. The fraction of sp³-hybridized carbons (Fsp3) is 0.280. The summed E-state index contributed by atoms with van der Waals surface area (Å²) in [5, 5.41) is 3.12. The van der Waals surface area contributed by atoms with Crippen molar-refractivity contribution in [1.82, 2.24) is 9.88 Å². The summed E-state index contributed by atoms with van der Waals surface area (Å²) >= 11 is 0. The first-order chi connectivity index (χ1) is 15.4. The van der Waals surface area contributed by atoms with E-state index in [1.54, 1.807) is 17.9 Å². The SMILES string of the molecule is CCn1cc(C(=O)/C=C/c2ccccc2)c(=O)c2cc(F)c(N3CCNC(C)C3)c(F)c21. The lowest BCUT2D eigenvalue weighted by atomic mass is 10.0. The molecule has 0 radical (unpaired) electrons. The Balaban J connectivity index is 1.82. The molecule has 2 aromatic carbocycles. The Labute approximate surface area is 185 Å². The Morgan fingerprint density at radius 2 is 2.00 bits per heavy atom. The smallest absolute Gasteiger partial charge is 0.200 e. The maximum absolute atomic E-state index is 15.6. The van der Waals surface area contributed by atoms with Crippen LogP contribution in [0.5, 0.6) is 0 Å². The molecule has 0 spiro atoms. The average molecular weight is 437 g/mol. The van der Waals surface area contributed by atoms with E-state index in [-0.39, 0.29) is 28.2 Å². The maximum atomic E-state index is 15.6. The number of aryl methyl sites for hydroxylation is 1. The van der Waals surface area contributed by atoms with E-state index < -0.39 is 22.8 Å². The van der Waals surface area contributed by atoms with Crippen LogP contribution in [-0.2, 0) is 6.54 Å². The number of hydrogen-bond donors (Lipinski definition) is 1. The predicted octanol–water partition coefficient (Wildman–Crippen LogP) is 3.99. The first-order valence-electron chi connectivity index (χ1n) is 10.7. The number of nitrogens with zero attached hydrogens (tertiary/aromatic N) is 2. The van der Waals surface area contributed by atoms with Gasteiger partial charge >= 0.3 is 0 Å². The molecule has 5 nitrogen and oxygen atoms in total. The minimum Gasteiger partial charge on any atom is -0.364 e. The lowest BCUT2D eigenvalue weighted by Gasteiger charge is -2.34. The van der Waals surface area contributed by atoms with Crippen molar-refractivity contribution in [3.8, 4) is 0 Å².